The van der Waals surface area contributed by atoms with Gasteiger partial charge in [0.25, 0.3) is 5.96 Å². The van der Waals surface area contributed by atoms with Gasteiger partial charge in [-0.05, 0) is 24.3 Å². The number of anilines is 1. The van der Waals surface area contributed by atoms with Gasteiger partial charge in [-0.2, -0.15) is 4.99 Å². The van der Waals surface area contributed by atoms with Gasteiger partial charge in [0.1, 0.15) is 22.7 Å². The van der Waals surface area contributed by atoms with E-state index in [1.54, 1.807) is 0 Å². The largest absolute Gasteiger partial charge is 0.365 e. The van der Waals surface area contributed by atoms with E-state index >= 15 is 0 Å². The topological polar surface area (TPSA) is 70.1 Å². The summed E-state index contributed by atoms with van der Waals surface area (Å²) < 4.78 is 28.9. The Bertz CT molecular complexity index is 895. The lowest BCUT2D eigenvalue weighted by Gasteiger charge is -2.18. The molecule has 0 saturated carbocycles. The zero-order valence-corrected chi connectivity index (χ0v) is 11.3. The summed E-state index contributed by atoms with van der Waals surface area (Å²) in [4.78, 5) is 7.47. The number of aromatic nitrogens is 2. The second-order valence-electron chi connectivity index (χ2n) is 5.08. The van der Waals surface area contributed by atoms with Gasteiger partial charge in [-0.15, -0.1) is 0 Å². The van der Waals surface area contributed by atoms with E-state index in [1.807, 2.05) is 28.8 Å². The van der Waals surface area contributed by atoms with Crippen LogP contribution in [0.2, 0.25) is 0 Å². The Morgan fingerprint density at radius 3 is 2.59 bits per heavy atom. The highest BCUT2D eigenvalue weighted by atomic mass is 19.1. The number of imidazole rings is 1. The Balaban J connectivity index is 1.98. The Labute approximate surface area is 124 Å². The molecule has 0 amide bonds. The first-order valence-corrected chi connectivity index (χ1v) is 6.70. The van der Waals surface area contributed by atoms with Crippen LogP contribution < -0.4 is 15.6 Å². The molecule has 0 radical (unpaired) electrons. The number of aliphatic imine (C=N–C) groups is 1. The highest BCUT2D eigenvalue weighted by Gasteiger charge is 2.31. The Hall–Kier alpha value is -2.96. The van der Waals surface area contributed by atoms with Gasteiger partial charge in [-0.1, -0.05) is 12.1 Å². The maximum absolute atomic E-state index is 13.5. The first kappa shape index (κ1) is 12.8. The van der Waals surface area contributed by atoms with Crippen LogP contribution >= 0.6 is 0 Å². The molecule has 0 bridgehead atoms. The number of rotatable bonds is 1. The van der Waals surface area contributed by atoms with Crippen molar-refractivity contribution < 1.29 is 13.3 Å². The molecule has 5 nitrogen and oxygen atoms in total. The fourth-order valence-electron chi connectivity index (χ4n) is 2.73. The Morgan fingerprint density at radius 2 is 1.82 bits per heavy atom. The Morgan fingerprint density at radius 1 is 1.09 bits per heavy atom. The normalized spacial score (nSPS) is 17.0. The number of halogens is 2. The van der Waals surface area contributed by atoms with E-state index in [1.165, 1.54) is 12.1 Å². The van der Waals surface area contributed by atoms with Crippen molar-refractivity contribution in [2.75, 3.05) is 5.32 Å². The van der Waals surface area contributed by atoms with Crippen LogP contribution in [0.5, 0.6) is 0 Å². The minimum atomic E-state index is -0.649. The summed E-state index contributed by atoms with van der Waals surface area (Å²) in [6, 6.07) is 10.9. The predicted molar refractivity (Wildman–Crippen MR) is 78.2 cm³/mol. The summed E-state index contributed by atoms with van der Waals surface area (Å²) in [6.45, 7) is 0. The average molecular weight is 300 g/mol. The molecule has 0 aliphatic carbocycles. The molecule has 0 saturated heterocycles. The summed E-state index contributed by atoms with van der Waals surface area (Å²) in [5, 5.41) is 2.93. The van der Waals surface area contributed by atoms with Crippen molar-refractivity contribution in [2.45, 2.75) is 6.17 Å². The first-order valence-electron chi connectivity index (χ1n) is 6.70. The van der Waals surface area contributed by atoms with Crippen LogP contribution in [0, 0.1) is 11.6 Å². The monoisotopic (exact) mass is 300 g/mol. The lowest BCUT2D eigenvalue weighted by atomic mass is 10.1. The van der Waals surface area contributed by atoms with E-state index in [2.05, 4.69) is 15.3 Å². The van der Waals surface area contributed by atoms with Crippen LogP contribution in [0.25, 0.3) is 11.0 Å². The van der Waals surface area contributed by atoms with Crippen molar-refractivity contribution in [2.24, 2.45) is 10.7 Å². The number of nitrogens with one attached hydrogen (secondary N) is 2. The molecular weight excluding hydrogens is 288 g/mol. The molecule has 3 aromatic rings. The van der Waals surface area contributed by atoms with Crippen LogP contribution in [0.3, 0.4) is 0 Å². The molecule has 0 spiro atoms. The van der Waals surface area contributed by atoms with Gasteiger partial charge in [0.15, 0.2) is 0 Å². The number of para-hydroxylation sites is 2. The summed E-state index contributed by atoms with van der Waals surface area (Å²) in [5.74, 6) is -0.502. The number of fused-ring (bicyclic) bond motifs is 3. The van der Waals surface area contributed by atoms with Gasteiger partial charge >= 0.3 is 5.95 Å². The van der Waals surface area contributed by atoms with Crippen LogP contribution in [0.15, 0.2) is 47.5 Å². The van der Waals surface area contributed by atoms with Gasteiger partial charge < -0.3 is 5.73 Å². The van der Waals surface area contributed by atoms with Crippen molar-refractivity contribution in [1.29, 1.82) is 0 Å². The van der Waals surface area contributed by atoms with E-state index in [0.717, 1.165) is 17.1 Å². The van der Waals surface area contributed by atoms with Crippen LogP contribution in [-0.2, 0) is 0 Å². The summed E-state index contributed by atoms with van der Waals surface area (Å²) in [7, 11) is 0. The number of guanidine groups is 1. The zero-order valence-electron chi connectivity index (χ0n) is 11.3. The van der Waals surface area contributed by atoms with Crippen LogP contribution in [-0.4, -0.2) is 10.9 Å². The maximum Gasteiger partial charge on any atom is 0.365 e. The summed E-state index contributed by atoms with van der Waals surface area (Å²) >= 11 is 0. The second kappa shape index (κ2) is 4.52. The van der Waals surface area contributed by atoms with Gasteiger partial charge in [-0.25, -0.2) is 23.6 Å². The molecule has 2 aromatic carbocycles. The smallest absolute Gasteiger partial charge is 0.357 e. The highest BCUT2D eigenvalue weighted by molar-refractivity contribution is 5.92. The summed E-state index contributed by atoms with van der Waals surface area (Å²) in [5.41, 5.74) is 7.91. The quantitative estimate of drug-likeness (QED) is 0.602. The van der Waals surface area contributed by atoms with Crippen molar-refractivity contribution in [1.82, 2.24) is 4.98 Å². The summed E-state index contributed by atoms with van der Waals surface area (Å²) in [6.07, 6.45) is -0.641. The zero-order chi connectivity index (χ0) is 15.3. The SMILES string of the molecule is NC1=N[C@@H](c2cc(F)cc(F)c2)[n+]2c([nH]c3ccccc32)N1. The highest BCUT2D eigenvalue weighted by Crippen LogP contribution is 2.24. The fraction of sp³-hybridized carbons (Fsp3) is 0.0667. The molecule has 1 aliphatic rings. The molecule has 1 aromatic heterocycles. The van der Waals surface area contributed by atoms with Crippen molar-refractivity contribution in [3.8, 4) is 0 Å². The maximum atomic E-state index is 13.5. The minimum Gasteiger partial charge on any atom is -0.357 e. The van der Waals surface area contributed by atoms with Crippen molar-refractivity contribution in [3.63, 3.8) is 0 Å². The number of nitrogens with two attached hydrogens (primary N) is 1. The number of benzene rings is 2. The van der Waals surface area contributed by atoms with E-state index in [-0.39, 0.29) is 5.96 Å². The molecule has 4 N–H and O–H groups in total. The average Bonchev–Trinajstić information content (AvgIpc) is 2.83. The van der Waals surface area contributed by atoms with E-state index < -0.39 is 17.8 Å². The molecule has 1 aliphatic heterocycles. The molecule has 110 valence electrons. The van der Waals surface area contributed by atoms with E-state index in [4.69, 9.17) is 5.73 Å². The number of hydrogen-bond acceptors (Lipinski definition) is 3. The fourth-order valence-corrected chi connectivity index (χ4v) is 2.73. The molecule has 22 heavy (non-hydrogen) atoms. The standard InChI is InChI=1S/C15H11F2N5/c16-9-5-8(6-10(17)7-9)13-20-14(18)21-15-19-11-3-1-2-4-12(11)22(13)15/h1-7,13H,(H3,18,19,20,21)/p+1/t13-/m1/s1. The van der Waals surface area contributed by atoms with Gasteiger partial charge in [0.05, 0.1) is 0 Å². The van der Waals surface area contributed by atoms with Crippen LogP contribution in [0.4, 0.5) is 14.7 Å². The molecular formula is C15H12F2N5+. The van der Waals surface area contributed by atoms with E-state index in [9.17, 15) is 8.78 Å². The third-order valence-corrected chi connectivity index (χ3v) is 3.59. The third kappa shape index (κ3) is 1.90. The number of H-pyrrole nitrogens is 1. The Kier molecular flexibility index (Phi) is 2.62. The van der Waals surface area contributed by atoms with Gasteiger partial charge in [0, 0.05) is 11.6 Å². The third-order valence-electron chi connectivity index (χ3n) is 3.59. The molecule has 4 rings (SSSR count). The lowest BCUT2D eigenvalue weighted by molar-refractivity contribution is -0.674. The van der Waals surface area contributed by atoms with Crippen molar-refractivity contribution >= 4 is 22.9 Å². The van der Waals surface area contributed by atoms with Gasteiger partial charge in [0.2, 0.25) is 6.17 Å². The van der Waals surface area contributed by atoms with Crippen LogP contribution in [0.1, 0.15) is 11.7 Å². The van der Waals surface area contributed by atoms with Gasteiger partial charge in [-0.3, -0.25) is 0 Å². The number of nitrogens with zero attached hydrogens (tertiary/aromatic N) is 2. The minimum absolute atomic E-state index is 0.182. The predicted octanol–water partition coefficient (Wildman–Crippen LogP) is 2.02. The number of hydrogen-bond donors (Lipinski definition) is 3. The molecule has 0 fully saturated rings. The molecule has 2 heterocycles. The molecule has 0 unspecified atom stereocenters. The van der Waals surface area contributed by atoms with E-state index in [0.29, 0.717) is 11.5 Å². The van der Waals surface area contributed by atoms with Crippen molar-refractivity contribution in [3.05, 3.63) is 59.7 Å². The molecule has 7 heteroatoms. The number of aromatic amines is 1. The second-order valence-corrected chi connectivity index (χ2v) is 5.08. The lowest BCUT2D eigenvalue weighted by Crippen LogP contribution is -2.48. The molecule has 1 atom stereocenters. The first-order chi connectivity index (χ1) is 10.6.